The maximum Gasteiger partial charge on any atom is 0.330 e. The highest BCUT2D eigenvalue weighted by Crippen LogP contribution is 2.66. The average Bonchev–Trinajstić information content (AvgIpc) is 2.72. The predicted molar refractivity (Wildman–Crippen MR) is 81.3 cm³/mol. The van der Waals surface area contributed by atoms with Crippen molar-refractivity contribution in [2.24, 2.45) is 16.7 Å². The minimum Gasteiger partial charge on any atom is -0.459 e. The van der Waals surface area contributed by atoms with Crippen molar-refractivity contribution in [1.82, 2.24) is 0 Å². The third kappa shape index (κ3) is 3.36. The van der Waals surface area contributed by atoms with Gasteiger partial charge in [0.15, 0.2) is 0 Å². The molecule has 0 aromatic heterocycles. The van der Waals surface area contributed by atoms with E-state index >= 15 is 0 Å². The monoisotopic (exact) mass is 294 g/mol. The van der Waals surface area contributed by atoms with Crippen LogP contribution in [0.15, 0.2) is 25.5 Å². The highest BCUT2D eigenvalue weighted by molar-refractivity contribution is 5.81. The van der Waals surface area contributed by atoms with Crippen LogP contribution in [0.25, 0.3) is 0 Å². The molecule has 21 heavy (non-hydrogen) atoms. The molecule has 0 aromatic carbocycles. The maximum atomic E-state index is 11.3. The van der Waals surface area contributed by atoms with Gasteiger partial charge in [-0.15, -0.1) is 0 Å². The number of carbonyl (C=O) groups is 2. The standard InChI is InChI=1S/C13H20O2.C4H6O2/c1-5-11(14)15-10-8-9-6-7-13(10,4)12(9,2)3;1-3-6-4(2)5/h5,9-10H,1,6-8H2,2-4H3;3H,1H2,2H3/t9-,10-,13+;/m0./s1. The van der Waals surface area contributed by atoms with Gasteiger partial charge >= 0.3 is 11.9 Å². The Hall–Kier alpha value is -1.58. The lowest BCUT2D eigenvalue weighted by Crippen LogP contribution is -2.38. The lowest BCUT2D eigenvalue weighted by atomic mass is 9.70. The molecule has 4 nitrogen and oxygen atoms in total. The first-order chi connectivity index (χ1) is 9.68. The highest BCUT2D eigenvalue weighted by atomic mass is 16.5. The Morgan fingerprint density at radius 2 is 1.86 bits per heavy atom. The van der Waals surface area contributed by atoms with Gasteiger partial charge in [-0.1, -0.05) is 33.9 Å². The van der Waals surface area contributed by atoms with Gasteiger partial charge in [0.05, 0.1) is 6.26 Å². The Bertz CT molecular complexity index is 438. The minimum atomic E-state index is -0.329. The molecule has 0 aromatic rings. The van der Waals surface area contributed by atoms with Gasteiger partial charge in [0.2, 0.25) is 0 Å². The molecule has 2 fully saturated rings. The molecular weight excluding hydrogens is 268 g/mol. The molecule has 0 amide bonds. The van der Waals surface area contributed by atoms with Crippen LogP contribution in [0.2, 0.25) is 0 Å². The van der Waals surface area contributed by atoms with Crippen LogP contribution in [-0.4, -0.2) is 18.0 Å². The Morgan fingerprint density at radius 3 is 2.14 bits per heavy atom. The van der Waals surface area contributed by atoms with Gasteiger partial charge in [-0.25, -0.2) is 4.79 Å². The fourth-order valence-corrected chi connectivity index (χ4v) is 3.61. The van der Waals surface area contributed by atoms with Crippen LogP contribution in [0.5, 0.6) is 0 Å². The number of hydrogen-bond acceptors (Lipinski definition) is 4. The van der Waals surface area contributed by atoms with E-state index in [2.05, 4.69) is 38.7 Å². The molecular formula is C17H26O4. The van der Waals surface area contributed by atoms with Crippen molar-refractivity contribution in [3.05, 3.63) is 25.5 Å². The molecule has 3 atom stereocenters. The van der Waals surface area contributed by atoms with Crippen molar-refractivity contribution < 1.29 is 19.1 Å². The summed E-state index contributed by atoms with van der Waals surface area (Å²) < 4.78 is 9.64. The predicted octanol–water partition coefficient (Wildman–Crippen LogP) is 3.62. The van der Waals surface area contributed by atoms with Crippen molar-refractivity contribution in [1.29, 1.82) is 0 Å². The minimum absolute atomic E-state index is 0.0942. The quantitative estimate of drug-likeness (QED) is 0.453. The number of rotatable bonds is 3. The Kier molecular flexibility index (Phi) is 5.37. The second-order valence-electron chi connectivity index (χ2n) is 6.52. The van der Waals surface area contributed by atoms with E-state index in [0.29, 0.717) is 11.3 Å². The second-order valence-corrected chi connectivity index (χ2v) is 6.52. The van der Waals surface area contributed by atoms with Crippen LogP contribution in [0.1, 0.15) is 47.0 Å². The van der Waals surface area contributed by atoms with E-state index in [4.69, 9.17) is 4.74 Å². The zero-order valence-electron chi connectivity index (χ0n) is 13.5. The average molecular weight is 294 g/mol. The van der Waals surface area contributed by atoms with Crippen LogP contribution in [-0.2, 0) is 19.1 Å². The Labute approximate surface area is 127 Å². The largest absolute Gasteiger partial charge is 0.459 e. The van der Waals surface area contributed by atoms with E-state index < -0.39 is 0 Å². The SMILES string of the molecule is C=CC(=O)O[C@H]1C[C@@H]2CC[C@@]1(C)C2(C)C.C=COC(C)=O. The van der Waals surface area contributed by atoms with Crippen LogP contribution < -0.4 is 0 Å². The summed E-state index contributed by atoms with van der Waals surface area (Å²) in [5.41, 5.74) is 0.468. The van der Waals surface area contributed by atoms with Gasteiger partial charge in [0.25, 0.3) is 0 Å². The van der Waals surface area contributed by atoms with Crippen molar-refractivity contribution in [3.8, 4) is 0 Å². The number of carbonyl (C=O) groups excluding carboxylic acids is 2. The number of ether oxygens (including phenoxy) is 2. The van der Waals surface area contributed by atoms with E-state index in [-0.39, 0.29) is 23.5 Å². The summed E-state index contributed by atoms with van der Waals surface area (Å²) in [5.74, 6) is 0.111. The molecule has 0 spiro atoms. The summed E-state index contributed by atoms with van der Waals surface area (Å²) in [6.07, 6.45) is 5.95. The Morgan fingerprint density at radius 1 is 1.24 bits per heavy atom. The Balaban J connectivity index is 0.000000315. The molecule has 118 valence electrons. The molecule has 4 heteroatoms. The van der Waals surface area contributed by atoms with Crippen molar-refractivity contribution in [2.45, 2.75) is 53.1 Å². The molecule has 0 radical (unpaired) electrons. The molecule has 2 aliphatic carbocycles. The van der Waals surface area contributed by atoms with E-state index in [9.17, 15) is 9.59 Å². The first-order valence-electron chi connectivity index (χ1n) is 7.30. The first-order valence-corrected chi connectivity index (χ1v) is 7.30. The maximum absolute atomic E-state index is 11.3. The smallest absolute Gasteiger partial charge is 0.330 e. The molecule has 2 bridgehead atoms. The third-order valence-corrected chi connectivity index (χ3v) is 5.39. The molecule has 2 aliphatic rings. The third-order valence-electron chi connectivity index (χ3n) is 5.39. The van der Waals surface area contributed by atoms with Gasteiger partial charge in [-0.05, 0) is 30.6 Å². The lowest BCUT2D eigenvalue weighted by molar-refractivity contribution is -0.150. The molecule has 0 N–H and O–H groups in total. The van der Waals surface area contributed by atoms with Crippen LogP contribution in [0, 0.1) is 16.7 Å². The van der Waals surface area contributed by atoms with E-state index in [0.717, 1.165) is 12.7 Å². The van der Waals surface area contributed by atoms with Crippen molar-refractivity contribution >= 4 is 11.9 Å². The summed E-state index contributed by atoms with van der Waals surface area (Å²) in [7, 11) is 0. The lowest BCUT2D eigenvalue weighted by Gasteiger charge is -2.38. The number of esters is 2. The fourth-order valence-electron chi connectivity index (χ4n) is 3.61. The van der Waals surface area contributed by atoms with Gasteiger partial charge < -0.3 is 9.47 Å². The summed E-state index contributed by atoms with van der Waals surface area (Å²) >= 11 is 0. The van der Waals surface area contributed by atoms with Gasteiger partial charge in [-0.3, -0.25) is 4.79 Å². The number of hydrogen-bond donors (Lipinski definition) is 0. The molecule has 0 aliphatic heterocycles. The fraction of sp³-hybridized carbons (Fsp3) is 0.647. The highest BCUT2D eigenvalue weighted by Gasteiger charge is 2.62. The summed E-state index contributed by atoms with van der Waals surface area (Å²) in [5, 5.41) is 0. The van der Waals surface area contributed by atoms with Gasteiger partial charge in [0, 0.05) is 18.4 Å². The molecule has 2 saturated carbocycles. The topological polar surface area (TPSA) is 52.6 Å². The van der Waals surface area contributed by atoms with Crippen LogP contribution >= 0.6 is 0 Å². The van der Waals surface area contributed by atoms with Crippen LogP contribution in [0.4, 0.5) is 0 Å². The van der Waals surface area contributed by atoms with E-state index in [1.165, 1.54) is 25.8 Å². The molecule has 0 saturated heterocycles. The summed E-state index contributed by atoms with van der Waals surface area (Å²) in [6.45, 7) is 14.8. The molecule has 0 unspecified atom stereocenters. The second kappa shape index (κ2) is 6.46. The number of fused-ring (bicyclic) bond motifs is 2. The molecule has 0 heterocycles. The normalized spacial score (nSPS) is 31.6. The van der Waals surface area contributed by atoms with E-state index in [1.54, 1.807) is 0 Å². The van der Waals surface area contributed by atoms with Gasteiger partial charge in [-0.2, -0.15) is 0 Å². The van der Waals surface area contributed by atoms with Crippen LogP contribution in [0.3, 0.4) is 0 Å². The van der Waals surface area contributed by atoms with Crippen molar-refractivity contribution in [3.63, 3.8) is 0 Å². The van der Waals surface area contributed by atoms with E-state index in [1.807, 2.05) is 0 Å². The summed E-state index contributed by atoms with van der Waals surface area (Å²) in [4.78, 5) is 21.0. The van der Waals surface area contributed by atoms with Crippen molar-refractivity contribution in [2.75, 3.05) is 0 Å². The zero-order chi connectivity index (χ0) is 16.3. The first kappa shape index (κ1) is 17.5. The zero-order valence-corrected chi connectivity index (χ0v) is 13.5. The molecule has 2 rings (SSSR count). The van der Waals surface area contributed by atoms with Gasteiger partial charge in [0.1, 0.15) is 6.10 Å². The summed E-state index contributed by atoms with van der Waals surface area (Å²) in [6, 6.07) is 0.